The van der Waals surface area contributed by atoms with E-state index < -0.39 is 6.09 Å². The zero-order chi connectivity index (χ0) is 13.1. The first-order chi connectivity index (χ1) is 8.67. The molecule has 0 saturated carbocycles. The van der Waals surface area contributed by atoms with Gasteiger partial charge >= 0.3 is 6.09 Å². The van der Waals surface area contributed by atoms with Crippen LogP contribution in [0.25, 0.3) is 10.9 Å². The molecule has 2 aromatic rings. The molecule has 1 heterocycles. The fourth-order valence-corrected chi connectivity index (χ4v) is 1.57. The molecule has 0 bridgehead atoms. The van der Waals surface area contributed by atoms with Crippen molar-refractivity contribution < 1.29 is 14.7 Å². The van der Waals surface area contributed by atoms with Crippen molar-refractivity contribution in [2.45, 2.75) is 0 Å². The summed E-state index contributed by atoms with van der Waals surface area (Å²) in [4.78, 5) is 14.6. The minimum absolute atomic E-state index is 0.0848. The number of benzene rings is 1. The summed E-state index contributed by atoms with van der Waals surface area (Å²) in [6.45, 7) is 0. The van der Waals surface area contributed by atoms with E-state index in [2.05, 4.69) is 9.73 Å². The molecule has 18 heavy (non-hydrogen) atoms. The van der Waals surface area contributed by atoms with E-state index in [1.54, 1.807) is 30.3 Å². The molecule has 1 aromatic carbocycles. The molecular weight excluding hydrogens is 234 g/mol. The number of rotatable bonds is 0. The number of para-hydroxylation sites is 1. The Balaban J connectivity index is 2.88. The number of fused-ring (bicyclic) bond motifs is 1. The summed E-state index contributed by atoms with van der Waals surface area (Å²) < 4.78 is 5.08. The fraction of sp³-hybridized carbons (Fsp3) is 0.0833. The van der Waals surface area contributed by atoms with Gasteiger partial charge in [-0.15, -0.1) is 0 Å². The third-order valence-corrected chi connectivity index (χ3v) is 2.40. The monoisotopic (exact) mass is 243 g/mol. The molecule has 0 saturated heterocycles. The lowest BCUT2D eigenvalue weighted by atomic mass is 10.1. The molecule has 0 unspecified atom stereocenters. The number of methoxy groups -OCH3 is 1. The van der Waals surface area contributed by atoms with Crippen molar-refractivity contribution >= 4 is 17.0 Å². The third kappa shape index (κ3) is 1.89. The Morgan fingerprint density at radius 3 is 2.89 bits per heavy atom. The van der Waals surface area contributed by atoms with E-state index >= 15 is 0 Å². The van der Waals surface area contributed by atoms with Gasteiger partial charge in [-0.1, -0.05) is 18.2 Å². The lowest BCUT2D eigenvalue weighted by molar-refractivity contribution is 0.170. The van der Waals surface area contributed by atoms with Crippen LogP contribution in [-0.2, 0) is 4.74 Å². The van der Waals surface area contributed by atoms with Crippen LogP contribution in [0.2, 0.25) is 0 Å². The lowest BCUT2D eigenvalue weighted by Crippen LogP contribution is -2.24. The van der Waals surface area contributed by atoms with Crippen LogP contribution in [0.4, 0.5) is 4.79 Å². The number of pyridine rings is 1. The lowest BCUT2D eigenvalue weighted by Gasteiger charge is -2.05. The van der Waals surface area contributed by atoms with Gasteiger partial charge in [-0.25, -0.2) is 4.79 Å². The Hall–Kier alpha value is -2.81. The molecule has 0 atom stereocenters. The standard InChI is InChI=1S/C12H9N3O3/c1-18-12(16)14-11-9(7-13)6-8-4-2-3-5-10(8)15(11)17/h2-6,17H,1H3/b14-11+. The molecule has 1 amide bonds. The van der Waals surface area contributed by atoms with Gasteiger partial charge < -0.3 is 9.94 Å². The number of carbonyl (C=O) groups excluding carboxylic acids is 1. The van der Waals surface area contributed by atoms with Crippen LogP contribution in [-0.4, -0.2) is 23.1 Å². The Morgan fingerprint density at radius 2 is 2.22 bits per heavy atom. The van der Waals surface area contributed by atoms with E-state index in [1.165, 1.54) is 7.11 Å². The fourth-order valence-electron chi connectivity index (χ4n) is 1.57. The molecule has 0 aliphatic carbocycles. The van der Waals surface area contributed by atoms with Gasteiger partial charge in [0.1, 0.15) is 6.07 Å². The molecule has 6 heteroatoms. The minimum atomic E-state index is -0.885. The van der Waals surface area contributed by atoms with Crippen LogP contribution in [0.1, 0.15) is 5.56 Å². The first-order valence-corrected chi connectivity index (χ1v) is 5.04. The van der Waals surface area contributed by atoms with Crippen LogP contribution in [0, 0.1) is 11.3 Å². The second kappa shape index (κ2) is 4.59. The quantitative estimate of drug-likeness (QED) is 0.709. The molecule has 0 spiro atoms. The second-order valence-corrected chi connectivity index (χ2v) is 3.45. The van der Waals surface area contributed by atoms with E-state index in [0.29, 0.717) is 15.6 Å². The van der Waals surface area contributed by atoms with E-state index in [1.807, 2.05) is 6.07 Å². The number of aromatic nitrogens is 1. The molecule has 1 aromatic heterocycles. The first-order valence-electron chi connectivity index (χ1n) is 5.04. The summed E-state index contributed by atoms with van der Waals surface area (Å²) in [5.41, 5.74) is 0.379. The van der Waals surface area contributed by atoms with Crippen molar-refractivity contribution in [2.75, 3.05) is 7.11 Å². The van der Waals surface area contributed by atoms with Crippen LogP contribution in [0.3, 0.4) is 0 Å². The Labute approximate surface area is 102 Å². The van der Waals surface area contributed by atoms with Crippen molar-refractivity contribution in [3.05, 3.63) is 41.4 Å². The number of ether oxygens (including phenoxy) is 1. The second-order valence-electron chi connectivity index (χ2n) is 3.45. The number of carbonyl (C=O) groups is 1. The summed E-state index contributed by atoms with van der Waals surface area (Å²) >= 11 is 0. The summed E-state index contributed by atoms with van der Waals surface area (Å²) in [5, 5.41) is 19.6. The third-order valence-electron chi connectivity index (χ3n) is 2.40. The van der Waals surface area contributed by atoms with Crippen LogP contribution in [0.15, 0.2) is 35.3 Å². The highest BCUT2D eigenvalue weighted by Gasteiger charge is 2.08. The van der Waals surface area contributed by atoms with E-state index in [-0.39, 0.29) is 11.1 Å². The summed E-state index contributed by atoms with van der Waals surface area (Å²) in [7, 11) is 1.17. The summed E-state index contributed by atoms with van der Waals surface area (Å²) in [5.74, 6) is 0. The molecule has 0 radical (unpaired) electrons. The van der Waals surface area contributed by atoms with E-state index in [0.717, 1.165) is 0 Å². The van der Waals surface area contributed by atoms with Crippen molar-refractivity contribution in [3.63, 3.8) is 0 Å². The maximum atomic E-state index is 11.1. The predicted octanol–water partition coefficient (Wildman–Crippen LogP) is 1.42. The molecule has 2 rings (SSSR count). The van der Waals surface area contributed by atoms with Gasteiger partial charge in [-0.3, -0.25) is 0 Å². The summed E-state index contributed by atoms with van der Waals surface area (Å²) in [6.07, 6.45) is -0.885. The topological polar surface area (TPSA) is 87.6 Å². The van der Waals surface area contributed by atoms with Gasteiger partial charge in [0.05, 0.1) is 18.2 Å². The SMILES string of the molecule is COC(=O)/N=c1\c(C#N)cc2ccccc2n1O. The number of nitriles is 1. The van der Waals surface area contributed by atoms with Crippen LogP contribution < -0.4 is 5.49 Å². The number of hydrogen-bond donors (Lipinski definition) is 1. The van der Waals surface area contributed by atoms with Gasteiger partial charge in [0.2, 0.25) is 0 Å². The van der Waals surface area contributed by atoms with E-state index in [4.69, 9.17) is 5.26 Å². The molecule has 0 aliphatic rings. The van der Waals surface area contributed by atoms with Crippen molar-refractivity contribution in [2.24, 2.45) is 4.99 Å². The van der Waals surface area contributed by atoms with Gasteiger partial charge in [0.15, 0.2) is 5.49 Å². The van der Waals surface area contributed by atoms with Crippen molar-refractivity contribution in [3.8, 4) is 6.07 Å². The molecule has 0 fully saturated rings. The minimum Gasteiger partial charge on any atom is -0.451 e. The van der Waals surface area contributed by atoms with E-state index in [9.17, 15) is 10.0 Å². The number of nitrogens with zero attached hydrogens (tertiary/aromatic N) is 3. The van der Waals surface area contributed by atoms with Crippen molar-refractivity contribution in [1.29, 1.82) is 5.26 Å². The molecule has 1 N–H and O–H groups in total. The first kappa shape index (κ1) is 11.7. The molecular formula is C12H9N3O3. The smallest absolute Gasteiger partial charge is 0.435 e. The number of hydrogen-bond acceptors (Lipinski definition) is 4. The Bertz CT molecular complexity index is 725. The van der Waals surface area contributed by atoms with Gasteiger partial charge in [-0.2, -0.15) is 15.0 Å². The average molecular weight is 243 g/mol. The van der Waals surface area contributed by atoms with Gasteiger partial charge in [0.25, 0.3) is 0 Å². The molecule has 6 nitrogen and oxygen atoms in total. The highest BCUT2D eigenvalue weighted by atomic mass is 16.5. The highest BCUT2D eigenvalue weighted by molar-refractivity contribution is 5.80. The van der Waals surface area contributed by atoms with Gasteiger partial charge in [-0.05, 0) is 12.1 Å². The maximum absolute atomic E-state index is 11.1. The molecule has 0 aliphatic heterocycles. The summed E-state index contributed by atoms with van der Waals surface area (Å²) in [6, 6.07) is 10.3. The average Bonchev–Trinajstić information content (AvgIpc) is 2.41. The van der Waals surface area contributed by atoms with Gasteiger partial charge in [0, 0.05) is 5.39 Å². The number of amides is 1. The predicted molar refractivity (Wildman–Crippen MR) is 61.8 cm³/mol. The largest absolute Gasteiger partial charge is 0.451 e. The maximum Gasteiger partial charge on any atom is 0.435 e. The molecule has 90 valence electrons. The van der Waals surface area contributed by atoms with Crippen LogP contribution >= 0.6 is 0 Å². The zero-order valence-electron chi connectivity index (χ0n) is 9.49. The van der Waals surface area contributed by atoms with Crippen LogP contribution in [0.5, 0.6) is 0 Å². The normalized spacial score (nSPS) is 11.2. The highest BCUT2D eigenvalue weighted by Crippen LogP contribution is 2.11. The Kier molecular flexibility index (Phi) is 2.98. The van der Waals surface area contributed by atoms with Crippen molar-refractivity contribution in [1.82, 2.24) is 4.73 Å². The Morgan fingerprint density at radius 1 is 1.50 bits per heavy atom. The zero-order valence-corrected chi connectivity index (χ0v) is 9.49.